The minimum Gasteiger partial charge on any atom is -0.507 e. The standard InChI is InChI=1S/C25H16BrNO7/c26-17-10-8-14(9-11-17)21(28)19-20(13-4-6-15(7-5-13)24(31)32)27(23(30)22(19)29)18-3-1-2-16(12-18)25(33)34/h1-12,20,28H,(H,31,32)(H,33,34)/b21-19+. The van der Waals surface area contributed by atoms with Gasteiger partial charge in [0.05, 0.1) is 22.7 Å². The molecule has 8 nitrogen and oxygen atoms in total. The zero-order valence-corrected chi connectivity index (χ0v) is 18.9. The first-order valence-corrected chi connectivity index (χ1v) is 10.7. The summed E-state index contributed by atoms with van der Waals surface area (Å²) in [5.74, 6) is -4.67. The Morgan fingerprint density at radius 3 is 1.94 bits per heavy atom. The smallest absolute Gasteiger partial charge is 0.335 e. The van der Waals surface area contributed by atoms with Gasteiger partial charge in [-0.1, -0.05) is 46.3 Å². The summed E-state index contributed by atoms with van der Waals surface area (Å²) in [6.07, 6.45) is 0. The average Bonchev–Trinajstić information content (AvgIpc) is 3.09. The van der Waals surface area contributed by atoms with Gasteiger partial charge in [-0.3, -0.25) is 14.5 Å². The van der Waals surface area contributed by atoms with Crippen LogP contribution < -0.4 is 4.90 Å². The molecule has 9 heteroatoms. The summed E-state index contributed by atoms with van der Waals surface area (Å²) < 4.78 is 0.746. The van der Waals surface area contributed by atoms with Crippen LogP contribution in [0.15, 0.2) is 82.8 Å². The number of amides is 1. The molecule has 1 aliphatic heterocycles. The van der Waals surface area contributed by atoms with Crippen molar-refractivity contribution in [2.75, 3.05) is 4.90 Å². The van der Waals surface area contributed by atoms with Crippen molar-refractivity contribution >= 4 is 51.0 Å². The van der Waals surface area contributed by atoms with E-state index in [0.717, 1.165) is 9.37 Å². The number of halogens is 1. The van der Waals surface area contributed by atoms with Crippen LogP contribution in [0.1, 0.15) is 37.9 Å². The van der Waals surface area contributed by atoms with Gasteiger partial charge in [0.25, 0.3) is 11.7 Å². The van der Waals surface area contributed by atoms with Crippen LogP contribution in [0.4, 0.5) is 5.69 Å². The molecule has 0 aliphatic carbocycles. The van der Waals surface area contributed by atoms with E-state index < -0.39 is 35.4 Å². The van der Waals surface area contributed by atoms with Crippen molar-refractivity contribution in [3.63, 3.8) is 0 Å². The number of hydrogen-bond donors (Lipinski definition) is 3. The second kappa shape index (κ2) is 8.95. The van der Waals surface area contributed by atoms with E-state index in [1.165, 1.54) is 48.5 Å². The van der Waals surface area contributed by atoms with Gasteiger partial charge in [-0.05, 0) is 48.0 Å². The monoisotopic (exact) mass is 521 g/mol. The van der Waals surface area contributed by atoms with Crippen LogP contribution in [-0.2, 0) is 9.59 Å². The second-order valence-electron chi connectivity index (χ2n) is 7.46. The Bertz CT molecular complexity index is 1360. The van der Waals surface area contributed by atoms with E-state index in [9.17, 15) is 34.5 Å². The second-order valence-corrected chi connectivity index (χ2v) is 8.37. The molecule has 34 heavy (non-hydrogen) atoms. The molecular weight excluding hydrogens is 506 g/mol. The molecule has 1 unspecified atom stereocenters. The molecule has 1 aliphatic rings. The molecule has 0 bridgehead atoms. The number of Topliss-reactive ketones (excluding diaryl/α,β-unsaturated/α-hetero) is 1. The fourth-order valence-electron chi connectivity index (χ4n) is 3.77. The molecule has 0 spiro atoms. The van der Waals surface area contributed by atoms with Crippen molar-refractivity contribution in [3.8, 4) is 0 Å². The normalized spacial score (nSPS) is 17.1. The zero-order chi connectivity index (χ0) is 24.6. The molecule has 1 fully saturated rings. The van der Waals surface area contributed by atoms with Crippen LogP contribution in [0.5, 0.6) is 0 Å². The number of ketones is 1. The van der Waals surface area contributed by atoms with Gasteiger partial charge in [0.2, 0.25) is 0 Å². The first kappa shape index (κ1) is 22.9. The molecule has 3 aromatic carbocycles. The summed E-state index contributed by atoms with van der Waals surface area (Å²) in [7, 11) is 0. The van der Waals surface area contributed by atoms with Gasteiger partial charge in [-0.15, -0.1) is 0 Å². The lowest BCUT2D eigenvalue weighted by atomic mass is 9.94. The van der Waals surface area contributed by atoms with E-state index in [4.69, 9.17) is 0 Å². The molecule has 3 N–H and O–H groups in total. The quantitative estimate of drug-likeness (QED) is 0.256. The van der Waals surface area contributed by atoms with Crippen LogP contribution in [-0.4, -0.2) is 38.9 Å². The highest BCUT2D eigenvalue weighted by Gasteiger charge is 2.47. The van der Waals surface area contributed by atoms with Crippen LogP contribution >= 0.6 is 15.9 Å². The predicted molar refractivity (Wildman–Crippen MR) is 126 cm³/mol. The maximum absolute atomic E-state index is 13.1. The number of benzene rings is 3. The first-order chi connectivity index (χ1) is 16.2. The number of carboxylic acids is 2. The maximum Gasteiger partial charge on any atom is 0.335 e. The zero-order valence-electron chi connectivity index (χ0n) is 17.3. The molecule has 170 valence electrons. The largest absolute Gasteiger partial charge is 0.507 e. The molecule has 1 saturated heterocycles. The molecule has 3 aromatic rings. The maximum atomic E-state index is 13.1. The Kier molecular flexibility index (Phi) is 6.04. The molecule has 1 atom stereocenters. The predicted octanol–water partition coefficient (Wildman–Crippen LogP) is 4.47. The number of anilines is 1. The minimum atomic E-state index is -1.21. The van der Waals surface area contributed by atoms with Crippen molar-refractivity contribution in [2.24, 2.45) is 0 Å². The van der Waals surface area contributed by atoms with Gasteiger partial charge in [0.1, 0.15) is 5.76 Å². The fraction of sp³-hybridized carbons (Fsp3) is 0.0400. The first-order valence-electron chi connectivity index (χ1n) is 9.92. The average molecular weight is 522 g/mol. The highest BCUT2D eigenvalue weighted by molar-refractivity contribution is 9.10. The third-order valence-electron chi connectivity index (χ3n) is 5.41. The van der Waals surface area contributed by atoms with Crippen molar-refractivity contribution < 1.29 is 34.5 Å². The lowest BCUT2D eigenvalue weighted by Gasteiger charge is -2.25. The highest BCUT2D eigenvalue weighted by atomic mass is 79.9. The summed E-state index contributed by atoms with van der Waals surface area (Å²) in [6, 6.07) is 16.4. The highest BCUT2D eigenvalue weighted by Crippen LogP contribution is 2.42. The third kappa shape index (κ3) is 4.08. The fourth-order valence-corrected chi connectivity index (χ4v) is 4.04. The number of rotatable bonds is 5. The van der Waals surface area contributed by atoms with Crippen LogP contribution in [0.2, 0.25) is 0 Å². The SMILES string of the molecule is O=C1C(=O)N(c2cccc(C(=O)O)c2)C(c2ccc(C(=O)O)cc2)/C1=C(\O)c1ccc(Br)cc1. The summed E-state index contributed by atoms with van der Waals surface area (Å²) in [5.41, 5.74) is 0.519. The van der Waals surface area contributed by atoms with Crippen LogP contribution in [0.3, 0.4) is 0 Å². The van der Waals surface area contributed by atoms with Gasteiger partial charge < -0.3 is 15.3 Å². The van der Waals surface area contributed by atoms with Gasteiger partial charge in [-0.25, -0.2) is 9.59 Å². The Hall–Kier alpha value is -4.24. The number of aliphatic hydroxyl groups is 1. The summed E-state index contributed by atoms with van der Waals surface area (Å²) >= 11 is 3.30. The van der Waals surface area contributed by atoms with Crippen molar-refractivity contribution in [1.29, 1.82) is 0 Å². The molecule has 0 aromatic heterocycles. The number of aliphatic hydroxyl groups excluding tert-OH is 1. The number of carboxylic acid groups (broad SMARTS) is 2. The number of carbonyl (C=O) groups excluding carboxylic acids is 2. The van der Waals surface area contributed by atoms with E-state index in [2.05, 4.69) is 15.9 Å². The van der Waals surface area contributed by atoms with E-state index in [1.54, 1.807) is 24.3 Å². The van der Waals surface area contributed by atoms with E-state index in [-0.39, 0.29) is 22.4 Å². The molecule has 0 saturated carbocycles. The molecule has 4 rings (SSSR count). The molecule has 1 heterocycles. The number of carbonyl (C=O) groups is 4. The summed E-state index contributed by atoms with van der Waals surface area (Å²) in [5, 5.41) is 29.6. The Morgan fingerprint density at radius 1 is 0.765 bits per heavy atom. The number of nitrogens with zero attached hydrogens (tertiary/aromatic N) is 1. The molecule has 1 amide bonds. The van der Waals surface area contributed by atoms with Crippen molar-refractivity contribution in [3.05, 3.63) is 105 Å². The Balaban J connectivity index is 1.94. The number of aromatic carboxylic acids is 2. The van der Waals surface area contributed by atoms with E-state index >= 15 is 0 Å². The minimum absolute atomic E-state index is 0.00138. The molecule has 0 radical (unpaired) electrons. The van der Waals surface area contributed by atoms with Crippen LogP contribution in [0.25, 0.3) is 5.76 Å². The van der Waals surface area contributed by atoms with Crippen molar-refractivity contribution in [1.82, 2.24) is 0 Å². The Labute approximate surface area is 201 Å². The number of hydrogen-bond acceptors (Lipinski definition) is 5. The summed E-state index contributed by atoms with van der Waals surface area (Å²) in [6.45, 7) is 0. The third-order valence-corrected chi connectivity index (χ3v) is 5.94. The summed E-state index contributed by atoms with van der Waals surface area (Å²) in [4.78, 5) is 50.1. The van der Waals surface area contributed by atoms with Crippen molar-refractivity contribution in [2.45, 2.75) is 6.04 Å². The Morgan fingerprint density at radius 2 is 1.35 bits per heavy atom. The van der Waals surface area contributed by atoms with E-state index in [1.807, 2.05) is 0 Å². The van der Waals surface area contributed by atoms with Gasteiger partial charge in [0, 0.05) is 15.7 Å². The van der Waals surface area contributed by atoms with Gasteiger partial charge >= 0.3 is 11.9 Å². The van der Waals surface area contributed by atoms with E-state index in [0.29, 0.717) is 11.1 Å². The molecular formula is C25H16BrNO7. The topological polar surface area (TPSA) is 132 Å². The van der Waals surface area contributed by atoms with Gasteiger partial charge in [-0.2, -0.15) is 0 Å². The van der Waals surface area contributed by atoms with Crippen LogP contribution in [0, 0.1) is 0 Å². The van der Waals surface area contributed by atoms with Gasteiger partial charge in [0.15, 0.2) is 0 Å². The lowest BCUT2D eigenvalue weighted by molar-refractivity contribution is -0.132. The lowest BCUT2D eigenvalue weighted by Crippen LogP contribution is -2.29.